The van der Waals surface area contributed by atoms with Crippen LogP contribution in [0.2, 0.25) is 0 Å². The summed E-state index contributed by atoms with van der Waals surface area (Å²) in [6.07, 6.45) is 0. The Morgan fingerprint density at radius 3 is 2.33 bits per heavy atom. The molecule has 2 heterocycles. The van der Waals surface area contributed by atoms with Crippen molar-refractivity contribution >= 4 is 17.8 Å². The topological polar surface area (TPSA) is 80.3 Å². The zero-order valence-corrected chi connectivity index (χ0v) is 16.9. The normalized spacial score (nSPS) is 28.0. The minimum Gasteiger partial charge on any atom is -0.461 e. The number of halogens is 1. The Morgan fingerprint density at radius 2 is 1.73 bits per heavy atom. The van der Waals surface area contributed by atoms with E-state index in [1.54, 1.807) is 55.6 Å². The van der Waals surface area contributed by atoms with E-state index in [0.29, 0.717) is 11.1 Å². The highest BCUT2D eigenvalue weighted by Gasteiger charge is 2.73. The molecule has 2 aliphatic rings. The van der Waals surface area contributed by atoms with Crippen LogP contribution in [0.4, 0.5) is 4.39 Å². The highest BCUT2D eigenvalue weighted by atomic mass is 19.1. The first-order chi connectivity index (χ1) is 14.5. The lowest BCUT2D eigenvalue weighted by Crippen LogP contribution is -2.96. The quantitative estimate of drug-likeness (QED) is 0.598. The molecule has 2 aromatic carbocycles. The summed E-state index contributed by atoms with van der Waals surface area (Å²) in [6.45, 7) is 3.83. The van der Waals surface area contributed by atoms with Crippen molar-refractivity contribution in [2.45, 2.75) is 25.4 Å². The Balaban J connectivity index is 1.93. The van der Waals surface area contributed by atoms with Gasteiger partial charge in [-0.25, -0.2) is 9.18 Å². The van der Waals surface area contributed by atoms with Crippen LogP contribution in [0.25, 0.3) is 0 Å². The minimum atomic E-state index is -1.39. The van der Waals surface area contributed by atoms with Gasteiger partial charge in [0.15, 0.2) is 0 Å². The molecular weight excluding hydrogens is 387 g/mol. The second kappa shape index (κ2) is 7.65. The molecule has 30 heavy (non-hydrogen) atoms. The summed E-state index contributed by atoms with van der Waals surface area (Å²) in [5.41, 5.74) is -0.0905. The van der Waals surface area contributed by atoms with Crippen LogP contribution in [0.1, 0.15) is 31.0 Å². The Kier molecular flexibility index (Phi) is 5.15. The number of ether oxygens (including phenoxy) is 1. The predicted molar refractivity (Wildman–Crippen MR) is 105 cm³/mol. The van der Waals surface area contributed by atoms with Gasteiger partial charge < -0.3 is 10.1 Å². The van der Waals surface area contributed by atoms with E-state index < -0.39 is 35.2 Å². The van der Waals surface area contributed by atoms with Crippen LogP contribution >= 0.6 is 0 Å². The first-order valence-corrected chi connectivity index (χ1v) is 10.1. The Morgan fingerprint density at radius 1 is 1.07 bits per heavy atom. The summed E-state index contributed by atoms with van der Waals surface area (Å²) in [7, 11) is 0. The number of carbonyl (C=O) groups excluding carboxylic acids is 3. The van der Waals surface area contributed by atoms with Gasteiger partial charge in [-0.15, -0.1) is 0 Å². The first kappa shape index (κ1) is 20.2. The predicted octanol–water partition coefficient (Wildman–Crippen LogP) is 1.52. The molecule has 2 saturated heterocycles. The summed E-state index contributed by atoms with van der Waals surface area (Å²) in [5, 5.41) is 1.77. The number of hydrogen-bond donors (Lipinski definition) is 1. The van der Waals surface area contributed by atoms with Gasteiger partial charge in [0.1, 0.15) is 23.7 Å². The van der Waals surface area contributed by atoms with Crippen molar-refractivity contribution in [3.05, 3.63) is 71.5 Å². The third-order valence-corrected chi connectivity index (χ3v) is 6.20. The largest absolute Gasteiger partial charge is 0.461 e. The van der Waals surface area contributed by atoms with E-state index in [1.807, 2.05) is 6.07 Å². The third-order valence-electron chi connectivity index (χ3n) is 6.20. The zero-order valence-electron chi connectivity index (χ0n) is 16.9. The Labute approximate surface area is 174 Å². The molecule has 0 aromatic heterocycles. The number of imide groups is 1. The van der Waals surface area contributed by atoms with Gasteiger partial charge in [0.25, 0.3) is 0 Å². The molecule has 156 valence electrons. The molecule has 2 aromatic rings. The lowest BCUT2D eigenvalue weighted by Gasteiger charge is -2.30. The van der Waals surface area contributed by atoms with Gasteiger partial charge in [0.2, 0.25) is 17.4 Å². The van der Waals surface area contributed by atoms with Crippen LogP contribution < -0.4 is 5.32 Å². The van der Waals surface area contributed by atoms with Gasteiger partial charge in [-0.3, -0.25) is 14.5 Å². The van der Waals surface area contributed by atoms with Crippen molar-refractivity contribution in [1.82, 2.24) is 4.90 Å². The van der Waals surface area contributed by atoms with Crippen LogP contribution in [0.3, 0.4) is 0 Å². The maximum atomic E-state index is 13.5. The van der Waals surface area contributed by atoms with E-state index in [2.05, 4.69) is 0 Å². The molecule has 0 aliphatic carbocycles. The molecule has 0 bridgehead atoms. The van der Waals surface area contributed by atoms with Crippen molar-refractivity contribution in [3.8, 4) is 0 Å². The molecule has 4 rings (SSSR count). The van der Waals surface area contributed by atoms with Crippen molar-refractivity contribution in [2.24, 2.45) is 11.8 Å². The molecule has 2 aliphatic heterocycles. The SMILES string of the molecule is CCOC(=O)[C@]1(c2ccccc2)[NH2+][C@@H](c2ccc(F)cc2)[C@H]2C(=O)N(CC)C(=O)[C@@H]21. The lowest BCUT2D eigenvalue weighted by molar-refractivity contribution is -0.742. The fourth-order valence-corrected chi connectivity index (χ4v) is 4.94. The molecule has 2 N–H and O–H groups in total. The molecule has 0 unspecified atom stereocenters. The number of quaternary nitrogens is 1. The number of nitrogens with two attached hydrogens (primary N) is 1. The molecule has 0 radical (unpaired) electrons. The van der Waals surface area contributed by atoms with Crippen molar-refractivity contribution in [2.75, 3.05) is 13.2 Å². The summed E-state index contributed by atoms with van der Waals surface area (Å²) >= 11 is 0. The number of hydrogen-bond acceptors (Lipinski definition) is 4. The number of esters is 1. The maximum Gasteiger partial charge on any atom is 0.373 e. The number of likely N-dealkylation sites (tertiary alicyclic amines) is 1. The average molecular weight is 411 g/mol. The molecule has 4 atom stereocenters. The molecule has 2 amide bonds. The number of rotatable bonds is 5. The summed E-state index contributed by atoms with van der Waals surface area (Å²) in [4.78, 5) is 41.2. The monoisotopic (exact) mass is 411 g/mol. The number of fused-ring (bicyclic) bond motifs is 1. The van der Waals surface area contributed by atoms with Crippen LogP contribution in [-0.4, -0.2) is 35.8 Å². The minimum absolute atomic E-state index is 0.152. The number of amides is 2. The Hall–Kier alpha value is -3.06. The molecule has 7 heteroatoms. The van der Waals surface area contributed by atoms with Crippen molar-refractivity contribution in [1.29, 1.82) is 0 Å². The van der Waals surface area contributed by atoms with E-state index in [0.717, 1.165) is 0 Å². The standard InChI is InChI=1S/C23H23FN2O4/c1-3-26-20(27)17-18(21(26)28)23(22(29)30-4-2,15-8-6-5-7-9-15)25-19(17)14-10-12-16(24)13-11-14/h5-13,17-19,25H,3-4H2,1-2H3/p+1/t17-,18+,19-,23+/m0/s1. The van der Waals surface area contributed by atoms with Gasteiger partial charge in [-0.2, -0.15) is 0 Å². The summed E-state index contributed by atoms with van der Waals surface area (Å²) in [5.74, 6) is -3.26. The fraction of sp³-hybridized carbons (Fsp3) is 0.348. The maximum absolute atomic E-state index is 13.5. The molecular formula is C23H24FN2O4+. The summed E-state index contributed by atoms with van der Waals surface area (Å²) in [6, 6.07) is 14.3. The van der Waals surface area contributed by atoms with Crippen molar-refractivity contribution < 1.29 is 28.8 Å². The highest BCUT2D eigenvalue weighted by Crippen LogP contribution is 2.48. The van der Waals surface area contributed by atoms with E-state index in [4.69, 9.17) is 4.74 Å². The van der Waals surface area contributed by atoms with Crippen LogP contribution in [-0.2, 0) is 24.7 Å². The average Bonchev–Trinajstić information content (AvgIpc) is 3.24. The van der Waals surface area contributed by atoms with Crippen LogP contribution in [0.15, 0.2) is 54.6 Å². The van der Waals surface area contributed by atoms with Gasteiger partial charge in [0.05, 0.1) is 6.61 Å². The number of carbonyl (C=O) groups is 3. The van der Waals surface area contributed by atoms with E-state index in [9.17, 15) is 18.8 Å². The zero-order chi connectivity index (χ0) is 21.5. The fourth-order valence-electron chi connectivity index (χ4n) is 4.94. The van der Waals surface area contributed by atoms with E-state index in [1.165, 1.54) is 17.0 Å². The van der Waals surface area contributed by atoms with Gasteiger partial charge in [0, 0.05) is 17.7 Å². The second-order valence-electron chi connectivity index (χ2n) is 7.62. The molecule has 2 fully saturated rings. The van der Waals surface area contributed by atoms with Gasteiger partial charge in [-0.05, 0) is 26.0 Å². The third kappa shape index (κ3) is 2.84. The molecule has 0 spiro atoms. The lowest BCUT2D eigenvalue weighted by atomic mass is 9.75. The van der Waals surface area contributed by atoms with E-state index in [-0.39, 0.29) is 25.0 Å². The molecule has 0 saturated carbocycles. The smallest absolute Gasteiger partial charge is 0.373 e. The van der Waals surface area contributed by atoms with Gasteiger partial charge >= 0.3 is 5.97 Å². The Bertz CT molecular complexity index is 978. The van der Waals surface area contributed by atoms with Crippen LogP contribution in [0.5, 0.6) is 0 Å². The molecule has 6 nitrogen and oxygen atoms in total. The highest BCUT2D eigenvalue weighted by molar-refractivity contribution is 6.08. The number of nitrogens with zero attached hydrogens (tertiary/aromatic N) is 1. The van der Waals surface area contributed by atoms with Crippen LogP contribution in [0, 0.1) is 17.7 Å². The number of benzene rings is 2. The second-order valence-corrected chi connectivity index (χ2v) is 7.62. The first-order valence-electron chi connectivity index (χ1n) is 10.1. The summed E-state index contributed by atoms with van der Waals surface area (Å²) < 4.78 is 19.0. The van der Waals surface area contributed by atoms with Gasteiger partial charge in [-0.1, -0.05) is 42.5 Å². The van der Waals surface area contributed by atoms with E-state index >= 15 is 0 Å². The van der Waals surface area contributed by atoms with Crippen molar-refractivity contribution in [3.63, 3.8) is 0 Å².